The molecule has 2 rings (SSSR count). The number of carbonyl (C=O) groups excluding carboxylic acids is 1. The van der Waals surface area contributed by atoms with Crippen LogP contribution in [-0.2, 0) is 5.54 Å². The predicted octanol–water partition coefficient (Wildman–Crippen LogP) is 2.56. The van der Waals surface area contributed by atoms with E-state index in [-0.39, 0.29) is 11.6 Å². The molecule has 18 heavy (non-hydrogen) atoms. The van der Waals surface area contributed by atoms with E-state index in [9.17, 15) is 4.79 Å². The maximum atomic E-state index is 11.7. The largest absolute Gasteiger partial charge is 0.338 e. The van der Waals surface area contributed by atoms with Gasteiger partial charge in [-0.05, 0) is 39.5 Å². The number of anilines is 1. The number of hydrogen-bond acceptors (Lipinski definition) is 2. The molecule has 1 saturated carbocycles. The number of aromatic nitrogens is 2. The molecule has 100 valence electrons. The van der Waals surface area contributed by atoms with Gasteiger partial charge in [-0.25, -0.2) is 4.79 Å². The predicted molar refractivity (Wildman–Crippen MR) is 71.6 cm³/mol. The van der Waals surface area contributed by atoms with Crippen LogP contribution in [0.15, 0.2) is 12.4 Å². The molecule has 1 aromatic rings. The molecule has 0 aliphatic heterocycles. The zero-order valence-electron chi connectivity index (χ0n) is 11.4. The number of hydrogen-bond donors (Lipinski definition) is 2. The minimum absolute atomic E-state index is 0.0671. The number of nitrogens with zero attached hydrogens (tertiary/aromatic N) is 2. The van der Waals surface area contributed by atoms with E-state index in [0.29, 0.717) is 5.92 Å². The van der Waals surface area contributed by atoms with Crippen LogP contribution < -0.4 is 10.6 Å². The van der Waals surface area contributed by atoms with Gasteiger partial charge in [0.25, 0.3) is 0 Å². The molecule has 0 unspecified atom stereocenters. The van der Waals surface area contributed by atoms with E-state index >= 15 is 0 Å². The molecule has 5 heteroatoms. The van der Waals surface area contributed by atoms with Gasteiger partial charge in [0.15, 0.2) is 0 Å². The Bertz CT molecular complexity index is 415. The molecule has 2 N–H and O–H groups in total. The van der Waals surface area contributed by atoms with Crippen molar-refractivity contribution in [3.63, 3.8) is 0 Å². The Hall–Kier alpha value is -1.52. The SMILES string of the molecule is CC(C)(C)n1cc(NC(=O)NCC2CCC2)cn1. The molecule has 0 spiro atoms. The molecule has 0 atom stereocenters. The fourth-order valence-corrected chi connectivity index (χ4v) is 1.86. The van der Waals surface area contributed by atoms with Crippen molar-refractivity contribution in [2.75, 3.05) is 11.9 Å². The lowest BCUT2D eigenvalue weighted by molar-refractivity contribution is 0.243. The summed E-state index contributed by atoms with van der Waals surface area (Å²) < 4.78 is 1.84. The van der Waals surface area contributed by atoms with Gasteiger partial charge in [-0.3, -0.25) is 4.68 Å². The molecule has 1 aliphatic carbocycles. The Balaban J connectivity index is 1.81. The summed E-state index contributed by atoms with van der Waals surface area (Å²) in [6.45, 7) is 6.99. The van der Waals surface area contributed by atoms with Crippen LogP contribution in [0.3, 0.4) is 0 Å². The van der Waals surface area contributed by atoms with E-state index in [1.54, 1.807) is 6.20 Å². The first-order valence-corrected chi connectivity index (χ1v) is 6.55. The monoisotopic (exact) mass is 250 g/mol. The van der Waals surface area contributed by atoms with Gasteiger partial charge >= 0.3 is 6.03 Å². The summed E-state index contributed by atoms with van der Waals surface area (Å²) in [6, 6.07) is -0.143. The van der Waals surface area contributed by atoms with Crippen LogP contribution in [0.1, 0.15) is 40.0 Å². The van der Waals surface area contributed by atoms with Crippen LogP contribution in [0.5, 0.6) is 0 Å². The summed E-state index contributed by atoms with van der Waals surface area (Å²) in [7, 11) is 0. The van der Waals surface area contributed by atoms with Crippen molar-refractivity contribution in [2.45, 2.75) is 45.6 Å². The average molecular weight is 250 g/mol. The Kier molecular flexibility index (Phi) is 3.59. The Morgan fingerprint density at radius 2 is 2.22 bits per heavy atom. The highest BCUT2D eigenvalue weighted by molar-refractivity contribution is 5.88. The zero-order valence-corrected chi connectivity index (χ0v) is 11.4. The summed E-state index contributed by atoms with van der Waals surface area (Å²) in [4.78, 5) is 11.7. The summed E-state index contributed by atoms with van der Waals surface area (Å²) in [6.07, 6.45) is 7.30. The molecule has 1 fully saturated rings. The van der Waals surface area contributed by atoms with Crippen LogP contribution in [0.2, 0.25) is 0 Å². The highest BCUT2D eigenvalue weighted by Crippen LogP contribution is 2.25. The first-order chi connectivity index (χ1) is 8.45. The van der Waals surface area contributed by atoms with Crippen LogP contribution in [0, 0.1) is 5.92 Å². The van der Waals surface area contributed by atoms with Gasteiger partial charge in [0.05, 0.1) is 17.4 Å². The quantitative estimate of drug-likeness (QED) is 0.866. The second-order valence-corrected chi connectivity index (χ2v) is 5.98. The van der Waals surface area contributed by atoms with Crippen molar-refractivity contribution in [1.29, 1.82) is 0 Å². The molecule has 0 radical (unpaired) electrons. The van der Waals surface area contributed by atoms with Crippen LogP contribution in [0.4, 0.5) is 10.5 Å². The standard InChI is InChI=1S/C13H22N4O/c1-13(2,3)17-9-11(8-15-17)16-12(18)14-7-10-5-4-6-10/h8-10H,4-7H2,1-3H3,(H2,14,16,18). The number of nitrogens with one attached hydrogen (secondary N) is 2. The van der Waals surface area contributed by atoms with E-state index in [0.717, 1.165) is 12.2 Å². The fraction of sp³-hybridized carbons (Fsp3) is 0.692. The molecule has 0 aromatic carbocycles. The minimum atomic E-state index is -0.143. The van der Waals surface area contributed by atoms with Crippen LogP contribution >= 0.6 is 0 Å². The average Bonchev–Trinajstić information content (AvgIpc) is 2.63. The van der Waals surface area contributed by atoms with E-state index in [1.807, 2.05) is 10.9 Å². The number of amides is 2. The van der Waals surface area contributed by atoms with Crippen molar-refractivity contribution >= 4 is 11.7 Å². The third-order valence-electron chi connectivity index (χ3n) is 3.30. The summed E-state index contributed by atoms with van der Waals surface area (Å²) in [5, 5.41) is 9.94. The molecule has 2 amide bonds. The molecule has 5 nitrogen and oxygen atoms in total. The van der Waals surface area contributed by atoms with Crippen LogP contribution in [-0.4, -0.2) is 22.4 Å². The maximum Gasteiger partial charge on any atom is 0.319 e. The second kappa shape index (κ2) is 5.00. The highest BCUT2D eigenvalue weighted by Gasteiger charge is 2.18. The van der Waals surface area contributed by atoms with Gasteiger partial charge in [0, 0.05) is 12.7 Å². The van der Waals surface area contributed by atoms with Crippen molar-refractivity contribution in [3.05, 3.63) is 12.4 Å². The van der Waals surface area contributed by atoms with Gasteiger partial charge in [-0.2, -0.15) is 5.10 Å². The fourth-order valence-electron chi connectivity index (χ4n) is 1.86. The number of urea groups is 1. The third kappa shape index (κ3) is 3.24. The number of carbonyl (C=O) groups is 1. The highest BCUT2D eigenvalue weighted by atomic mass is 16.2. The molecular weight excluding hydrogens is 228 g/mol. The third-order valence-corrected chi connectivity index (χ3v) is 3.30. The molecule has 1 heterocycles. The van der Waals surface area contributed by atoms with Crippen molar-refractivity contribution in [2.24, 2.45) is 5.92 Å². The van der Waals surface area contributed by atoms with E-state index in [4.69, 9.17) is 0 Å². The van der Waals surface area contributed by atoms with Crippen molar-refractivity contribution < 1.29 is 4.79 Å². The summed E-state index contributed by atoms with van der Waals surface area (Å²) in [5.41, 5.74) is 0.665. The van der Waals surface area contributed by atoms with Crippen LogP contribution in [0.25, 0.3) is 0 Å². The molecule has 0 bridgehead atoms. The van der Waals surface area contributed by atoms with Crippen molar-refractivity contribution in [3.8, 4) is 0 Å². The van der Waals surface area contributed by atoms with Gasteiger partial charge in [0.1, 0.15) is 0 Å². The van der Waals surface area contributed by atoms with Gasteiger partial charge < -0.3 is 10.6 Å². The van der Waals surface area contributed by atoms with Crippen molar-refractivity contribution in [1.82, 2.24) is 15.1 Å². The van der Waals surface area contributed by atoms with Gasteiger partial charge in [0.2, 0.25) is 0 Å². The Morgan fingerprint density at radius 3 is 2.72 bits per heavy atom. The minimum Gasteiger partial charge on any atom is -0.338 e. The van der Waals surface area contributed by atoms with Gasteiger partial charge in [-0.15, -0.1) is 0 Å². The lowest BCUT2D eigenvalue weighted by Gasteiger charge is -2.25. The first kappa shape index (κ1) is 12.9. The normalized spacial score (nSPS) is 16.2. The smallest absolute Gasteiger partial charge is 0.319 e. The Morgan fingerprint density at radius 1 is 1.50 bits per heavy atom. The van der Waals surface area contributed by atoms with E-state index in [1.165, 1.54) is 19.3 Å². The summed E-state index contributed by atoms with van der Waals surface area (Å²) >= 11 is 0. The maximum absolute atomic E-state index is 11.7. The molecule has 1 aromatic heterocycles. The molecule has 0 saturated heterocycles. The first-order valence-electron chi connectivity index (χ1n) is 6.55. The van der Waals surface area contributed by atoms with E-state index in [2.05, 4.69) is 36.5 Å². The molecule has 1 aliphatic rings. The lowest BCUT2D eigenvalue weighted by Crippen LogP contribution is -2.35. The van der Waals surface area contributed by atoms with E-state index < -0.39 is 0 Å². The molecular formula is C13H22N4O. The zero-order chi connectivity index (χ0) is 13.2. The lowest BCUT2D eigenvalue weighted by atomic mass is 9.85. The second-order valence-electron chi connectivity index (χ2n) is 5.98. The summed E-state index contributed by atoms with van der Waals surface area (Å²) in [5.74, 6) is 0.674. The van der Waals surface area contributed by atoms with Gasteiger partial charge in [-0.1, -0.05) is 6.42 Å². The number of rotatable bonds is 3. The Labute approximate surface area is 108 Å². The topological polar surface area (TPSA) is 59.0 Å².